The lowest BCUT2D eigenvalue weighted by atomic mass is 10.1. The van der Waals surface area contributed by atoms with Crippen LogP contribution in [-0.2, 0) is 0 Å². The Morgan fingerprint density at radius 1 is 1.00 bits per heavy atom. The Labute approximate surface area is 157 Å². The first-order valence-corrected chi connectivity index (χ1v) is 8.30. The number of hydrogen-bond donors (Lipinski definition) is 2. The van der Waals surface area contributed by atoms with Crippen LogP contribution in [0.5, 0.6) is 17.2 Å². The Morgan fingerprint density at radius 3 is 2.44 bits per heavy atom. The Hall–Kier alpha value is -3.48. The number of methoxy groups -OCH3 is 3. The predicted octanol–water partition coefficient (Wildman–Crippen LogP) is 3.66. The molecule has 1 amide bonds. The van der Waals surface area contributed by atoms with Gasteiger partial charge >= 0.3 is 0 Å². The van der Waals surface area contributed by atoms with Crippen molar-refractivity contribution in [2.45, 2.75) is 6.92 Å². The normalized spacial score (nSPS) is 10.4. The molecule has 0 spiro atoms. The lowest BCUT2D eigenvalue weighted by Crippen LogP contribution is -2.14. The zero-order valence-corrected chi connectivity index (χ0v) is 15.6. The van der Waals surface area contributed by atoms with Gasteiger partial charge in [-0.3, -0.25) is 9.89 Å². The van der Waals surface area contributed by atoms with Gasteiger partial charge in [0.05, 0.1) is 38.3 Å². The van der Waals surface area contributed by atoms with Crippen LogP contribution in [0.3, 0.4) is 0 Å². The third-order valence-corrected chi connectivity index (χ3v) is 4.20. The van der Waals surface area contributed by atoms with Crippen LogP contribution >= 0.6 is 0 Å². The number of carbonyl (C=O) groups is 1. The summed E-state index contributed by atoms with van der Waals surface area (Å²) in [5.41, 5.74) is 3.06. The highest BCUT2D eigenvalue weighted by atomic mass is 16.5. The molecule has 0 saturated carbocycles. The standard InChI is InChI=1S/C20H21N3O4/c1-12-18(21-20(24)15-7-5-6-8-16(15)26-3)19(23-22-12)14-10-9-13(25-2)11-17(14)27-4/h5-11H,1-4H3,(H,21,24)(H,22,23). The van der Waals surface area contributed by atoms with Crippen LogP contribution in [0.2, 0.25) is 0 Å². The molecule has 1 aromatic heterocycles. The van der Waals surface area contributed by atoms with Gasteiger partial charge in [-0.2, -0.15) is 5.10 Å². The first kappa shape index (κ1) is 18.3. The lowest BCUT2D eigenvalue weighted by Gasteiger charge is -2.12. The summed E-state index contributed by atoms with van der Waals surface area (Å²) in [6, 6.07) is 12.5. The second-order valence-electron chi connectivity index (χ2n) is 5.79. The van der Waals surface area contributed by atoms with Crippen LogP contribution in [-0.4, -0.2) is 37.4 Å². The van der Waals surface area contributed by atoms with Gasteiger partial charge in [-0.05, 0) is 31.2 Å². The molecule has 0 fully saturated rings. The van der Waals surface area contributed by atoms with Crippen molar-refractivity contribution in [3.8, 4) is 28.5 Å². The molecule has 2 N–H and O–H groups in total. The molecule has 2 aromatic carbocycles. The molecule has 7 nitrogen and oxygen atoms in total. The topological polar surface area (TPSA) is 85.5 Å². The van der Waals surface area contributed by atoms with E-state index in [0.717, 1.165) is 11.3 Å². The Kier molecular flexibility index (Phi) is 5.30. The summed E-state index contributed by atoms with van der Waals surface area (Å²) in [4.78, 5) is 12.8. The number of ether oxygens (including phenoxy) is 3. The van der Waals surface area contributed by atoms with Crippen molar-refractivity contribution < 1.29 is 19.0 Å². The van der Waals surface area contributed by atoms with Gasteiger partial charge in [-0.25, -0.2) is 0 Å². The lowest BCUT2D eigenvalue weighted by molar-refractivity contribution is 0.102. The van der Waals surface area contributed by atoms with E-state index in [2.05, 4.69) is 15.5 Å². The number of rotatable bonds is 6. The fraction of sp³-hybridized carbons (Fsp3) is 0.200. The molecule has 0 saturated heterocycles. The summed E-state index contributed by atoms with van der Waals surface area (Å²) in [6.45, 7) is 1.84. The van der Waals surface area contributed by atoms with Gasteiger partial charge in [0, 0.05) is 11.6 Å². The quantitative estimate of drug-likeness (QED) is 0.694. The summed E-state index contributed by atoms with van der Waals surface area (Å²) >= 11 is 0. The highest BCUT2D eigenvalue weighted by molar-refractivity contribution is 6.08. The molecule has 0 aliphatic heterocycles. The van der Waals surface area contributed by atoms with Crippen molar-refractivity contribution in [2.75, 3.05) is 26.6 Å². The number of amides is 1. The number of anilines is 1. The first-order chi connectivity index (χ1) is 13.1. The average Bonchev–Trinajstić information content (AvgIpc) is 3.07. The van der Waals surface area contributed by atoms with Crippen LogP contribution in [0.25, 0.3) is 11.3 Å². The van der Waals surface area contributed by atoms with Gasteiger partial charge in [-0.15, -0.1) is 0 Å². The number of aryl methyl sites for hydroxylation is 1. The largest absolute Gasteiger partial charge is 0.497 e. The molecule has 3 aromatic rings. The fourth-order valence-corrected chi connectivity index (χ4v) is 2.78. The molecule has 3 rings (SSSR count). The second kappa shape index (κ2) is 7.82. The number of hydrogen-bond acceptors (Lipinski definition) is 5. The highest BCUT2D eigenvalue weighted by Crippen LogP contribution is 2.37. The van der Waals surface area contributed by atoms with Crippen molar-refractivity contribution in [3.63, 3.8) is 0 Å². The molecule has 1 heterocycles. The summed E-state index contributed by atoms with van der Waals surface area (Å²) in [5.74, 6) is 1.47. The van der Waals surface area contributed by atoms with Gasteiger partial charge in [0.1, 0.15) is 22.9 Å². The zero-order chi connectivity index (χ0) is 19.4. The van der Waals surface area contributed by atoms with Crippen molar-refractivity contribution in [2.24, 2.45) is 0 Å². The van der Waals surface area contributed by atoms with Crippen LogP contribution in [0.15, 0.2) is 42.5 Å². The molecular weight excluding hydrogens is 346 g/mol. The van der Waals surface area contributed by atoms with E-state index in [4.69, 9.17) is 14.2 Å². The van der Waals surface area contributed by atoms with Gasteiger partial charge in [-0.1, -0.05) is 12.1 Å². The Morgan fingerprint density at radius 2 is 1.74 bits per heavy atom. The maximum Gasteiger partial charge on any atom is 0.259 e. The monoisotopic (exact) mass is 367 g/mol. The van der Waals surface area contributed by atoms with Crippen LogP contribution < -0.4 is 19.5 Å². The average molecular weight is 367 g/mol. The summed E-state index contributed by atoms with van der Waals surface area (Å²) in [6.07, 6.45) is 0. The number of nitrogens with one attached hydrogen (secondary N) is 2. The molecule has 140 valence electrons. The third-order valence-electron chi connectivity index (χ3n) is 4.20. The fourth-order valence-electron chi connectivity index (χ4n) is 2.78. The highest BCUT2D eigenvalue weighted by Gasteiger charge is 2.20. The Bertz CT molecular complexity index is 966. The van der Waals surface area contributed by atoms with Gasteiger partial charge in [0.25, 0.3) is 5.91 Å². The zero-order valence-electron chi connectivity index (χ0n) is 15.6. The number of para-hydroxylation sites is 1. The van der Waals surface area contributed by atoms with Gasteiger partial charge < -0.3 is 19.5 Å². The first-order valence-electron chi connectivity index (χ1n) is 8.30. The molecule has 0 bridgehead atoms. The number of carbonyl (C=O) groups excluding carboxylic acids is 1. The minimum atomic E-state index is -0.286. The van der Waals surface area contributed by atoms with E-state index in [9.17, 15) is 4.79 Å². The predicted molar refractivity (Wildman–Crippen MR) is 103 cm³/mol. The van der Waals surface area contributed by atoms with E-state index in [-0.39, 0.29) is 5.91 Å². The van der Waals surface area contributed by atoms with Crippen molar-refractivity contribution in [1.82, 2.24) is 10.2 Å². The van der Waals surface area contributed by atoms with Gasteiger partial charge in [0.2, 0.25) is 0 Å². The van der Waals surface area contributed by atoms with Crippen LogP contribution in [0.4, 0.5) is 5.69 Å². The van der Waals surface area contributed by atoms with Gasteiger partial charge in [0.15, 0.2) is 0 Å². The maximum absolute atomic E-state index is 12.8. The number of benzene rings is 2. The molecule has 7 heteroatoms. The SMILES string of the molecule is COc1ccc(-c2n[nH]c(C)c2NC(=O)c2ccccc2OC)c(OC)c1. The summed E-state index contributed by atoms with van der Waals surface area (Å²) in [5, 5.41) is 10.2. The number of nitrogens with zero attached hydrogens (tertiary/aromatic N) is 1. The Balaban J connectivity index is 2.00. The second-order valence-corrected chi connectivity index (χ2v) is 5.79. The van der Waals surface area contributed by atoms with E-state index < -0.39 is 0 Å². The molecule has 0 aliphatic rings. The molecular formula is C20H21N3O4. The molecule has 0 aliphatic carbocycles. The summed E-state index contributed by atoms with van der Waals surface area (Å²) in [7, 11) is 4.69. The van der Waals surface area contributed by atoms with E-state index in [0.29, 0.717) is 34.2 Å². The number of H-pyrrole nitrogens is 1. The smallest absolute Gasteiger partial charge is 0.259 e. The number of aromatic amines is 1. The maximum atomic E-state index is 12.8. The van der Waals surface area contributed by atoms with Crippen LogP contribution in [0, 0.1) is 6.92 Å². The molecule has 0 atom stereocenters. The van der Waals surface area contributed by atoms with E-state index in [1.54, 1.807) is 38.5 Å². The van der Waals surface area contributed by atoms with E-state index in [1.165, 1.54) is 7.11 Å². The van der Waals surface area contributed by atoms with Crippen LogP contribution in [0.1, 0.15) is 16.1 Å². The third kappa shape index (κ3) is 3.57. The van der Waals surface area contributed by atoms with E-state index >= 15 is 0 Å². The number of aromatic nitrogens is 2. The van der Waals surface area contributed by atoms with Crippen molar-refractivity contribution in [3.05, 3.63) is 53.7 Å². The minimum absolute atomic E-state index is 0.286. The van der Waals surface area contributed by atoms with Crippen molar-refractivity contribution >= 4 is 11.6 Å². The summed E-state index contributed by atoms with van der Waals surface area (Å²) < 4.78 is 16.0. The molecule has 0 unspecified atom stereocenters. The van der Waals surface area contributed by atoms with E-state index in [1.807, 2.05) is 25.1 Å². The van der Waals surface area contributed by atoms with Crippen molar-refractivity contribution in [1.29, 1.82) is 0 Å². The molecule has 27 heavy (non-hydrogen) atoms. The molecule has 0 radical (unpaired) electrons. The minimum Gasteiger partial charge on any atom is -0.497 e.